The maximum Gasteiger partial charge on any atom is 0.269 e. The van der Waals surface area contributed by atoms with Crippen LogP contribution < -0.4 is 4.43 Å². The minimum Gasteiger partial charge on any atom is -0.540 e. The fraction of sp³-hybridized carbons (Fsp3) is 0.111. The van der Waals surface area contributed by atoms with Gasteiger partial charge in [-0.15, -0.1) is 6.58 Å². The third-order valence-corrected chi connectivity index (χ3v) is 4.77. The van der Waals surface area contributed by atoms with Gasteiger partial charge in [0.1, 0.15) is 5.75 Å². The largest absolute Gasteiger partial charge is 0.540 e. The van der Waals surface area contributed by atoms with Crippen molar-refractivity contribution in [1.82, 2.24) is 0 Å². The maximum atomic E-state index is 5.97. The van der Waals surface area contributed by atoms with Gasteiger partial charge in [0.25, 0.3) is 8.32 Å². The molecule has 0 unspecified atom stereocenters. The van der Waals surface area contributed by atoms with Crippen molar-refractivity contribution in [2.75, 3.05) is 0 Å². The molecule has 1 nitrogen and oxygen atoms in total. The molecule has 0 aliphatic heterocycles. The van der Waals surface area contributed by atoms with Crippen molar-refractivity contribution >= 4 is 20.5 Å². The molecule has 102 valence electrons. The van der Waals surface area contributed by atoms with Crippen LogP contribution in [0.5, 0.6) is 5.75 Å². The molecule has 0 aliphatic rings. The summed E-state index contributed by atoms with van der Waals surface area (Å²) in [5.74, 6) is 0.915. The van der Waals surface area contributed by atoms with Gasteiger partial charge in [-0.25, -0.2) is 0 Å². The third-order valence-electron chi connectivity index (χ3n) is 3.02. The lowest BCUT2D eigenvalue weighted by Gasteiger charge is -2.19. The fourth-order valence-electron chi connectivity index (χ4n) is 1.75. The highest BCUT2D eigenvalue weighted by atomic mass is 28.4. The van der Waals surface area contributed by atoms with Crippen LogP contribution in [0.2, 0.25) is 13.1 Å². The van der Waals surface area contributed by atoms with Crippen molar-refractivity contribution in [3.63, 3.8) is 0 Å². The Hall–Kier alpha value is -2.06. The minimum absolute atomic E-state index is 0.915. The standard InChI is InChI=1S/C18H20OSi/c1-4-20(2,3)19-18-14-12-17(13-15-18)11-10-16-8-6-5-7-9-16/h4-15H,1H2,2-3H3. The van der Waals surface area contributed by atoms with Crippen LogP contribution in [0.1, 0.15) is 11.1 Å². The van der Waals surface area contributed by atoms with Gasteiger partial charge in [0.2, 0.25) is 0 Å². The Bertz CT molecular complexity index is 583. The Kier molecular flexibility index (Phi) is 4.59. The van der Waals surface area contributed by atoms with Crippen molar-refractivity contribution in [3.05, 3.63) is 78.0 Å². The lowest BCUT2D eigenvalue weighted by molar-refractivity contribution is 0.563. The van der Waals surface area contributed by atoms with E-state index in [9.17, 15) is 0 Å². The second kappa shape index (κ2) is 6.39. The first-order valence-electron chi connectivity index (χ1n) is 6.75. The van der Waals surface area contributed by atoms with Gasteiger partial charge in [-0.05, 0) is 36.4 Å². The van der Waals surface area contributed by atoms with Gasteiger partial charge in [0.15, 0.2) is 0 Å². The van der Waals surface area contributed by atoms with E-state index >= 15 is 0 Å². The van der Waals surface area contributed by atoms with Crippen LogP contribution in [0, 0.1) is 0 Å². The summed E-state index contributed by atoms with van der Waals surface area (Å²) in [6.07, 6.45) is 4.22. The Morgan fingerprint density at radius 1 is 0.850 bits per heavy atom. The number of rotatable bonds is 5. The van der Waals surface area contributed by atoms with Crippen LogP contribution in [0.25, 0.3) is 12.2 Å². The summed E-state index contributed by atoms with van der Waals surface area (Å²) in [6, 6.07) is 18.5. The van der Waals surface area contributed by atoms with Gasteiger partial charge in [-0.3, -0.25) is 0 Å². The Morgan fingerprint density at radius 3 is 1.95 bits per heavy atom. The van der Waals surface area contributed by atoms with E-state index in [0.717, 1.165) is 5.75 Å². The monoisotopic (exact) mass is 280 g/mol. The molecule has 2 aromatic rings. The van der Waals surface area contributed by atoms with Crippen molar-refractivity contribution < 1.29 is 4.43 Å². The topological polar surface area (TPSA) is 9.23 Å². The maximum absolute atomic E-state index is 5.97. The average Bonchev–Trinajstić information content (AvgIpc) is 2.47. The van der Waals surface area contributed by atoms with Crippen molar-refractivity contribution in [3.8, 4) is 5.75 Å². The van der Waals surface area contributed by atoms with Gasteiger partial charge in [0.05, 0.1) is 0 Å². The number of hydrogen-bond acceptors (Lipinski definition) is 1. The summed E-state index contributed by atoms with van der Waals surface area (Å²) in [5.41, 5.74) is 4.31. The second-order valence-corrected chi connectivity index (χ2v) is 9.04. The van der Waals surface area contributed by atoms with E-state index in [1.165, 1.54) is 11.1 Å². The molecular weight excluding hydrogens is 260 g/mol. The van der Waals surface area contributed by atoms with Crippen LogP contribution in [0.4, 0.5) is 0 Å². The lowest BCUT2D eigenvalue weighted by Crippen LogP contribution is -2.31. The van der Waals surface area contributed by atoms with Gasteiger partial charge < -0.3 is 4.43 Å². The van der Waals surface area contributed by atoms with E-state index in [-0.39, 0.29) is 0 Å². The highest BCUT2D eigenvalue weighted by Crippen LogP contribution is 2.18. The van der Waals surface area contributed by atoms with Gasteiger partial charge in [0, 0.05) is 0 Å². The van der Waals surface area contributed by atoms with Crippen LogP contribution in [0.15, 0.2) is 66.9 Å². The predicted molar refractivity (Wildman–Crippen MR) is 90.1 cm³/mol. The van der Waals surface area contributed by atoms with E-state index < -0.39 is 8.32 Å². The van der Waals surface area contributed by atoms with Crippen LogP contribution in [-0.4, -0.2) is 8.32 Å². The Balaban J connectivity index is 2.05. The van der Waals surface area contributed by atoms with E-state index in [4.69, 9.17) is 4.43 Å². The average molecular weight is 280 g/mol. The van der Waals surface area contributed by atoms with Crippen LogP contribution in [-0.2, 0) is 0 Å². The Labute approximate surface area is 122 Å². The molecule has 0 fully saturated rings. The lowest BCUT2D eigenvalue weighted by atomic mass is 10.1. The SMILES string of the molecule is C=C[Si](C)(C)Oc1ccc(C=Cc2ccccc2)cc1. The third kappa shape index (κ3) is 4.25. The van der Waals surface area contributed by atoms with Crippen LogP contribution in [0.3, 0.4) is 0 Å². The van der Waals surface area contributed by atoms with Gasteiger partial charge in [-0.1, -0.05) is 60.3 Å². The number of benzene rings is 2. The first kappa shape index (κ1) is 14.3. The number of hydrogen-bond donors (Lipinski definition) is 0. The molecule has 0 heterocycles. The van der Waals surface area contributed by atoms with E-state index in [1.807, 2.05) is 36.0 Å². The molecule has 0 atom stereocenters. The van der Waals surface area contributed by atoms with E-state index in [2.05, 4.69) is 56.1 Å². The molecule has 0 radical (unpaired) electrons. The summed E-state index contributed by atoms with van der Waals surface area (Å²) in [6.45, 7) is 8.09. The molecule has 0 N–H and O–H groups in total. The normalized spacial score (nSPS) is 11.5. The zero-order valence-electron chi connectivity index (χ0n) is 12.0. The summed E-state index contributed by atoms with van der Waals surface area (Å²) >= 11 is 0. The summed E-state index contributed by atoms with van der Waals surface area (Å²) in [7, 11) is -1.76. The first-order valence-corrected chi connectivity index (χ1v) is 9.73. The summed E-state index contributed by atoms with van der Waals surface area (Å²) in [5, 5.41) is 0. The van der Waals surface area contributed by atoms with Gasteiger partial charge in [-0.2, -0.15) is 0 Å². The van der Waals surface area contributed by atoms with Crippen molar-refractivity contribution in [2.24, 2.45) is 0 Å². The molecular formula is C18H20OSi. The molecule has 0 spiro atoms. The second-order valence-electron chi connectivity index (χ2n) is 5.22. The molecule has 2 heteroatoms. The molecule has 0 bridgehead atoms. The molecule has 0 aromatic heterocycles. The van der Waals surface area contributed by atoms with E-state index in [0.29, 0.717) is 0 Å². The quantitative estimate of drug-likeness (QED) is 0.542. The zero-order valence-corrected chi connectivity index (χ0v) is 13.0. The molecule has 0 aliphatic carbocycles. The van der Waals surface area contributed by atoms with Crippen molar-refractivity contribution in [1.29, 1.82) is 0 Å². The Morgan fingerprint density at radius 2 is 1.40 bits per heavy atom. The molecule has 0 saturated carbocycles. The highest BCUT2D eigenvalue weighted by Gasteiger charge is 2.18. The molecule has 20 heavy (non-hydrogen) atoms. The highest BCUT2D eigenvalue weighted by molar-refractivity contribution is 6.76. The molecule has 2 aromatic carbocycles. The zero-order chi connectivity index (χ0) is 14.4. The fourth-order valence-corrected chi connectivity index (χ4v) is 2.58. The summed E-state index contributed by atoms with van der Waals surface area (Å²) < 4.78 is 5.97. The molecule has 0 saturated heterocycles. The van der Waals surface area contributed by atoms with Crippen molar-refractivity contribution in [2.45, 2.75) is 13.1 Å². The smallest absolute Gasteiger partial charge is 0.269 e. The minimum atomic E-state index is -1.76. The van der Waals surface area contributed by atoms with E-state index in [1.54, 1.807) is 0 Å². The molecule has 0 amide bonds. The van der Waals surface area contributed by atoms with Crippen LogP contribution >= 0.6 is 0 Å². The van der Waals surface area contributed by atoms with Gasteiger partial charge >= 0.3 is 0 Å². The summed E-state index contributed by atoms with van der Waals surface area (Å²) in [4.78, 5) is 0. The molecule has 2 rings (SSSR count). The predicted octanol–water partition coefficient (Wildman–Crippen LogP) is 5.17. The first-order chi connectivity index (χ1) is 9.59.